The third kappa shape index (κ3) is 5.40. The van der Waals surface area contributed by atoms with Crippen molar-refractivity contribution in [2.24, 2.45) is 0 Å². The zero-order valence-corrected chi connectivity index (χ0v) is 17.2. The van der Waals surface area contributed by atoms with E-state index >= 15 is 0 Å². The number of rotatable bonds is 11. The van der Waals surface area contributed by atoms with E-state index in [4.69, 9.17) is 9.47 Å². The molecule has 160 valence electrons. The van der Waals surface area contributed by atoms with Gasteiger partial charge in [-0.25, -0.2) is 0 Å². The predicted octanol–water partition coefficient (Wildman–Crippen LogP) is 2.60. The summed E-state index contributed by atoms with van der Waals surface area (Å²) in [5, 5.41) is 14.1. The van der Waals surface area contributed by atoms with Crippen LogP contribution in [0.3, 0.4) is 0 Å². The molecule has 0 radical (unpaired) electrons. The van der Waals surface area contributed by atoms with E-state index in [1.165, 1.54) is 38.5 Å². The smallest absolute Gasteiger partial charge is 0.293 e. The average molecular weight is 415 g/mol. The Kier molecular flexibility index (Phi) is 8.45. The van der Waals surface area contributed by atoms with Crippen LogP contribution < -0.4 is 5.32 Å². The molecule has 2 aromatic carbocycles. The number of ketones is 1. The van der Waals surface area contributed by atoms with Crippen LogP contribution in [-0.2, 0) is 9.47 Å². The van der Waals surface area contributed by atoms with Gasteiger partial charge in [0.05, 0.1) is 23.7 Å². The van der Waals surface area contributed by atoms with Gasteiger partial charge in [0.15, 0.2) is 5.78 Å². The van der Waals surface area contributed by atoms with Crippen LogP contribution in [0.25, 0.3) is 0 Å². The predicted molar refractivity (Wildman–Crippen MR) is 112 cm³/mol. The van der Waals surface area contributed by atoms with Gasteiger partial charge in [0.1, 0.15) is 5.69 Å². The molecule has 9 nitrogen and oxygen atoms in total. The highest BCUT2D eigenvalue weighted by Crippen LogP contribution is 2.27. The lowest BCUT2D eigenvalue weighted by molar-refractivity contribution is -0.384. The summed E-state index contributed by atoms with van der Waals surface area (Å²) in [5.41, 5.74) is 0.602. The molecule has 0 saturated carbocycles. The van der Waals surface area contributed by atoms with Crippen molar-refractivity contribution in [1.29, 1.82) is 0 Å². The summed E-state index contributed by atoms with van der Waals surface area (Å²) in [6.45, 7) is 1.35. The third-order valence-electron chi connectivity index (χ3n) is 4.55. The van der Waals surface area contributed by atoms with E-state index in [0.717, 1.165) is 0 Å². The Morgan fingerprint density at radius 3 is 2.17 bits per heavy atom. The minimum atomic E-state index is -0.559. The number of nitrogens with one attached hydrogen (secondary N) is 1. The monoisotopic (exact) mass is 415 g/mol. The lowest BCUT2D eigenvalue weighted by Crippen LogP contribution is -2.37. The van der Waals surface area contributed by atoms with E-state index in [2.05, 4.69) is 5.32 Å². The summed E-state index contributed by atoms with van der Waals surface area (Å²) in [6.07, 6.45) is 0. The molecule has 0 spiro atoms. The second kappa shape index (κ2) is 11.0. The maximum absolute atomic E-state index is 13.1. The molecule has 1 N–H and O–H groups in total. The van der Waals surface area contributed by atoms with Crippen molar-refractivity contribution in [1.82, 2.24) is 4.90 Å². The van der Waals surface area contributed by atoms with Crippen molar-refractivity contribution in [2.75, 3.05) is 52.9 Å². The summed E-state index contributed by atoms with van der Waals surface area (Å²) in [7, 11) is 4.64. The summed E-state index contributed by atoms with van der Waals surface area (Å²) in [4.78, 5) is 38.6. The highest BCUT2D eigenvalue weighted by atomic mass is 16.6. The fourth-order valence-corrected chi connectivity index (χ4v) is 2.95. The maximum atomic E-state index is 13.1. The SMILES string of the molecule is CNc1ccc(C(=O)c2ccccc2C(=O)N(CCOC)CCOC)cc1[N+](=O)[O-]. The van der Waals surface area contributed by atoms with Crippen molar-refractivity contribution in [3.05, 3.63) is 69.3 Å². The number of hydrogen-bond donors (Lipinski definition) is 1. The molecule has 9 heteroatoms. The Bertz CT molecular complexity index is 907. The van der Waals surface area contributed by atoms with Gasteiger partial charge in [-0.2, -0.15) is 0 Å². The number of hydrogen-bond acceptors (Lipinski definition) is 7. The van der Waals surface area contributed by atoms with E-state index in [1.807, 2.05) is 0 Å². The number of carbonyl (C=O) groups excluding carboxylic acids is 2. The second-order valence-electron chi connectivity index (χ2n) is 6.39. The fourth-order valence-electron chi connectivity index (χ4n) is 2.95. The van der Waals surface area contributed by atoms with Crippen LogP contribution in [0.1, 0.15) is 26.3 Å². The van der Waals surface area contributed by atoms with E-state index in [0.29, 0.717) is 32.0 Å². The molecule has 2 aromatic rings. The molecule has 0 fully saturated rings. The van der Waals surface area contributed by atoms with Crippen LogP contribution in [0.2, 0.25) is 0 Å². The normalized spacial score (nSPS) is 10.5. The van der Waals surface area contributed by atoms with Gasteiger partial charge in [-0.1, -0.05) is 18.2 Å². The molecule has 0 aliphatic rings. The Labute approximate surface area is 174 Å². The van der Waals surface area contributed by atoms with Gasteiger partial charge < -0.3 is 19.7 Å². The van der Waals surface area contributed by atoms with Gasteiger partial charge in [-0.15, -0.1) is 0 Å². The molecular weight excluding hydrogens is 390 g/mol. The summed E-state index contributed by atoms with van der Waals surface area (Å²) >= 11 is 0. The summed E-state index contributed by atoms with van der Waals surface area (Å²) in [5.74, 6) is -0.808. The van der Waals surface area contributed by atoms with Crippen LogP contribution in [0, 0.1) is 10.1 Å². The maximum Gasteiger partial charge on any atom is 0.293 e. The largest absolute Gasteiger partial charge is 0.383 e. The molecule has 1 amide bonds. The number of benzene rings is 2. The van der Waals surface area contributed by atoms with Crippen molar-refractivity contribution in [3.8, 4) is 0 Å². The number of nitro benzene ring substituents is 1. The highest BCUT2D eigenvalue weighted by molar-refractivity contribution is 6.15. The zero-order chi connectivity index (χ0) is 22.1. The molecule has 0 heterocycles. The summed E-state index contributed by atoms with van der Waals surface area (Å²) < 4.78 is 10.1. The second-order valence-corrected chi connectivity index (χ2v) is 6.39. The van der Waals surface area contributed by atoms with Crippen molar-refractivity contribution in [3.63, 3.8) is 0 Å². The minimum absolute atomic E-state index is 0.126. The molecular formula is C21H25N3O6. The first-order valence-corrected chi connectivity index (χ1v) is 9.31. The van der Waals surface area contributed by atoms with Crippen LogP contribution in [0.5, 0.6) is 0 Å². The highest BCUT2D eigenvalue weighted by Gasteiger charge is 2.24. The average Bonchev–Trinajstić information content (AvgIpc) is 2.77. The lowest BCUT2D eigenvalue weighted by Gasteiger charge is -2.23. The first kappa shape index (κ1) is 23.0. The number of methoxy groups -OCH3 is 2. The molecule has 0 aliphatic carbocycles. The van der Waals surface area contributed by atoms with Crippen molar-refractivity contribution in [2.45, 2.75) is 0 Å². The molecule has 0 aromatic heterocycles. The Morgan fingerprint density at radius 1 is 1.03 bits per heavy atom. The lowest BCUT2D eigenvalue weighted by atomic mass is 9.97. The van der Waals surface area contributed by atoms with Gasteiger partial charge in [0, 0.05) is 51.6 Å². The van der Waals surface area contributed by atoms with Crippen LogP contribution in [0.15, 0.2) is 42.5 Å². The molecule has 0 atom stereocenters. The van der Waals surface area contributed by atoms with Gasteiger partial charge in [-0.05, 0) is 18.2 Å². The van der Waals surface area contributed by atoms with Crippen molar-refractivity contribution < 1.29 is 24.0 Å². The minimum Gasteiger partial charge on any atom is -0.383 e. The number of carbonyl (C=O) groups is 2. The topological polar surface area (TPSA) is 111 Å². The molecule has 0 aliphatic heterocycles. The number of nitro groups is 1. The van der Waals surface area contributed by atoms with Gasteiger partial charge in [0.2, 0.25) is 0 Å². The van der Waals surface area contributed by atoms with Crippen molar-refractivity contribution >= 4 is 23.1 Å². The van der Waals surface area contributed by atoms with Gasteiger partial charge in [-0.3, -0.25) is 19.7 Å². The van der Waals surface area contributed by atoms with Crippen LogP contribution in [0.4, 0.5) is 11.4 Å². The molecule has 2 rings (SSSR count). The van der Waals surface area contributed by atoms with E-state index in [9.17, 15) is 19.7 Å². The van der Waals surface area contributed by atoms with Gasteiger partial charge in [0.25, 0.3) is 11.6 Å². The third-order valence-corrected chi connectivity index (χ3v) is 4.55. The Morgan fingerprint density at radius 2 is 1.63 bits per heavy atom. The molecule has 30 heavy (non-hydrogen) atoms. The molecule has 0 bridgehead atoms. The number of amides is 1. The number of nitrogens with zero attached hydrogens (tertiary/aromatic N) is 2. The molecule has 0 unspecified atom stereocenters. The van der Waals surface area contributed by atoms with E-state index < -0.39 is 10.7 Å². The molecule has 0 saturated heterocycles. The standard InChI is InChI=1S/C21H25N3O6/c1-22-18-9-8-15(14-19(18)24(27)28)20(25)16-6-4-5-7-17(16)21(26)23(10-12-29-2)11-13-30-3/h4-9,14,22H,10-13H2,1-3H3. The number of ether oxygens (including phenoxy) is 2. The Hall–Kier alpha value is -3.30. The zero-order valence-electron chi connectivity index (χ0n) is 17.2. The van der Waals surface area contributed by atoms with E-state index in [1.54, 1.807) is 30.1 Å². The number of anilines is 1. The van der Waals surface area contributed by atoms with Crippen LogP contribution in [-0.4, -0.2) is 69.1 Å². The Balaban J connectivity index is 2.42. The quantitative estimate of drug-likeness (QED) is 0.341. The summed E-state index contributed by atoms with van der Waals surface area (Å²) in [6, 6.07) is 10.6. The van der Waals surface area contributed by atoms with Crippen LogP contribution >= 0.6 is 0 Å². The fraction of sp³-hybridized carbons (Fsp3) is 0.333. The first-order chi connectivity index (χ1) is 14.4. The van der Waals surface area contributed by atoms with Gasteiger partial charge >= 0.3 is 0 Å². The van der Waals surface area contributed by atoms with E-state index in [-0.39, 0.29) is 28.3 Å². The first-order valence-electron chi connectivity index (χ1n) is 9.31.